The molecule has 1 aromatic carbocycles. The Morgan fingerprint density at radius 3 is 2.48 bits per heavy atom. The predicted molar refractivity (Wildman–Crippen MR) is 97.5 cm³/mol. The van der Waals surface area contributed by atoms with Crippen LogP contribution in [0.5, 0.6) is 0 Å². The summed E-state index contributed by atoms with van der Waals surface area (Å²) in [5.74, 6) is -0.347. The second kappa shape index (κ2) is 9.44. The van der Waals surface area contributed by atoms with Crippen molar-refractivity contribution in [1.29, 1.82) is 0 Å². The summed E-state index contributed by atoms with van der Waals surface area (Å²) in [7, 11) is 0. The van der Waals surface area contributed by atoms with Crippen LogP contribution in [0.25, 0.3) is 5.69 Å². The highest BCUT2D eigenvalue weighted by Gasteiger charge is 2.25. The maximum absolute atomic E-state index is 14.0. The molecule has 2 aromatic rings. The van der Waals surface area contributed by atoms with E-state index in [1.54, 1.807) is 25.1 Å². The second-order valence-corrected chi connectivity index (χ2v) is 6.59. The summed E-state index contributed by atoms with van der Waals surface area (Å²) in [5, 5.41) is 8.12. The van der Waals surface area contributed by atoms with Gasteiger partial charge in [0.25, 0.3) is 0 Å². The van der Waals surface area contributed by atoms with Gasteiger partial charge in [-0.3, -0.25) is 4.79 Å². The largest absolute Gasteiger partial charge is 0.292 e. The fraction of sp³-hybridized carbons (Fsp3) is 0.550. The molecule has 0 spiro atoms. The minimum absolute atomic E-state index is 0.0176. The van der Waals surface area contributed by atoms with Gasteiger partial charge in [-0.2, -0.15) is 0 Å². The number of aromatic nitrogens is 3. The van der Waals surface area contributed by atoms with E-state index < -0.39 is 0 Å². The zero-order chi connectivity index (χ0) is 18.2. The van der Waals surface area contributed by atoms with Crippen molar-refractivity contribution in [3.63, 3.8) is 0 Å². The van der Waals surface area contributed by atoms with Crippen molar-refractivity contribution in [2.75, 3.05) is 0 Å². The van der Waals surface area contributed by atoms with E-state index >= 15 is 0 Å². The second-order valence-electron chi connectivity index (χ2n) is 6.59. The van der Waals surface area contributed by atoms with Gasteiger partial charge in [0.15, 0.2) is 11.5 Å². The van der Waals surface area contributed by atoms with Crippen LogP contribution in [0.4, 0.5) is 4.39 Å². The fourth-order valence-electron chi connectivity index (χ4n) is 3.10. The number of hydrogen-bond acceptors (Lipinski definition) is 3. The van der Waals surface area contributed by atoms with E-state index in [9.17, 15) is 9.18 Å². The number of ketones is 1. The Morgan fingerprint density at radius 1 is 1.12 bits per heavy atom. The average molecular weight is 345 g/mol. The summed E-state index contributed by atoms with van der Waals surface area (Å²) in [6.45, 7) is 6.07. The molecule has 0 aliphatic rings. The maximum Gasteiger partial charge on any atom is 0.188 e. The van der Waals surface area contributed by atoms with E-state index in [1.165, 1.54) is 10.7 Å². The third kappa shape index (κ3) is 4.74. The van der Waals surface area contributed by atoms with Gasteiger partial charge in [-0.1, -0.05) is 63.3 Å². The van der Waals surface area contributed by atoms with E-state index in [-0.39, 0.29) is 17.5 Å². The molecular formula is C20H28FN3O. The minimum atomic E-state index is -0.375. The average Bonchev–Trinajstić information content (AvgIpc) is 2.99. The van der Waals surface area contributed by atoms with Crippen LogP contribution in [0.3, 0.4) is 0 Å². The van der Waals surface area contributed by atoms with Gasteiger partial charge in [-0.25, -0.2) is 9.07 Å². The number of carbonyl (C=O) groups excluding carboxylic acids is 1. The highest BCUT2D eigenvalue weighted by Crippen LogP contribution is 2.23. The van der Waals surface area contributed by atoms with Gasteiger partial charge in [0, 0.05) is 5.92 Å². The Kier molecular flexibility index (Phi) is 7.29. The molecule has 0 amide bonds. The third-order valence-electron chi connectivity index (χ3n) is 4.64. The number of hydrogen-bond donors (Lipinski definition) is 0. The molecule has 2 rings (SSSR count). The van der Waals surface area contributed by atoms with E-state index in [4.69, 9.17) is 0 Å². The smallest absolute Gasteiger partial charge is 0.188 e. The fourth-order valence-corrected chi connectivity index (χ4v) is 3.10. The molecule has 1 aromatic heterocycles. The molecule has 0 fully saturated rings. The molecule has 0 bridgehead atoms. The number of carbonyl (C=O) groups is 1. The lowest BCUT2D eigenvalue weighted by Gasteiger charge is -2.14. The van der Waals surface area contributed by atoms with Gasteiger partial charge in [0.1, 0.15) is 11.5 Å². The Hall–Kier alpha value is -2.04. The highest BCUT2D eigenvalue weighted by atomic mass is 19.1. The lowest BCUT2D eigenvalue weighted by Crippen LogP contribution is -2.17. The Labute approximate surface area is 149 Å². The number of unbranched alkanes of at least 4 members (excludes halogenated alkanes) is 3. The molecule has 1 unspecified atom stereocenters. The summed E-state index contributed by atoms with van der Waals surface area (Å²) in [6.07, 6.45) is 7.19. The number of nitrogens with zero attached hydrogens (tertiary/aromatic N) is 3. The third-order valence-corrected chi connectivity index (χ3v) is 4.64. The van der Waals surface area contributed by atoms with Gasteiger partial charge >= 0.3 is 0 Å². The van der Waals surface area contributed by atoms with E-state index in [0.717, 1.165) is 44.9 Å². The first-order chi connectivity index (χ1) is 12.1. The van der Waals surface area contributed by atoms with Gasteiger partial charge in [0.2, 0.25) is 0 Å². The number of benzene rings is 1. The first-order valence-corrected chi connectivity index (χ1v) is 9.31. The van der Waals surface area contributed by atoms with E-state index in [2.05, 4.69) is 24.2 Å². The van der Waals surface area contributed by atoms with Crippen LogP contribution in [-0.4, -0.2) is 20.8 Å². The number of halogens is 1. The van der Waals surface area contributed by atoms with Crippen LogP contribution in [0, 0.1) is 18.7 Å². The molecule has 0 aliphatic heterocycles. The normalized spacial score (nSPS) is 12.3. The summed E-state index contributed by atoms with van der Waals surface area (Å²) in [4.78, 5) is 13.0. The van der Waals surface area contributed by atoms with Crippen LogP contribution >= 0.6 is 0 Å². The molecule has 0 aliphatic carbocycles. The van der Waals surface area contributed by atoms with E-state index in [0.29, 0.717) is 17.1 Å². The first-order valence-electron chi connectivity index (χ1n) is 9.31. The molecule has 1 heterocycles. The van der Waals surface area contributed by atoms with Crippen LogP contribution in [0.1, 0.15) is 75.0 Å². The van der Waals surface area contributed by atoms with Crippen molar-refractivity contribution in [3.05, 3.63) is 41.5 Å². The van der Waals surface area contributed by atoms with Crippen molar-refractivity contribution in [2.24, 2.45) is 5.92 Å². The number of rotatable bonds is 10. The molecule has 0 radical (unpaired) electrons. The van der Waals surface area contributed by atoms with Crippen molar-refractivity contribution in [2.45, 2.75) is 65.7 Å². The van der Waals surface area contributed by atoms with E-state index in [1.807, 2.05) is 0 Å². The predicted octanol–water partition coefficient (Wildman–Crippen LogP) is 5.28. The van der Waals surface area contributed by atoms with Crippen molar-refractivity contribution in [1.82, 2.24) is 15.0 Å². The summed E-state index contributed by atoms with van der Waals surface area (Å²) >= 11 is 0. The Morgan fingerprint density at radius 2 is 1.80 bits per heavy atom. The van der Waals surface area contributed by atoms with Crippen molar-refractivity contribution < 1.29 is 9.18 Å². The summed E-state index contributed by atoms with van der Waals surface area (Å²) in [5.41, 5.74) is 1.30. The molecule has 1 atom stereocenters. The number of para-hydroxylation sites is 1. The number of Topliss-reactive ketones (excluding diaryl/α,β-unsaturated/α-hetero) is 1. The van der Waals surface area contributed by atoms with Gasteiger partial charge in [0.05, 0.1) is 5.69 Å². The molecule has 4 nitrogen and oxygen atoms in total. The van der Waals surface area contributed by atoms with Crippen LogP contribution < -0.4 is 0 Å². The summed E-state index contributed by atoms with van der Waals surface area (Å²) in [6, 6.07) is 6.40. The molecule has 136 valence electrons. The quantitative estimate of drug-likeness (QED) is 0.434. The zero-order valence-electron chi connectivity index (χ0n) is 15.5. The van der Waals surface area contributed by atoms with Crippen LogP contribution in [0.2, 0.25) is 0 Å². The van der Waals surface area contributed by atoms with Gasteiger partial charge in [-0.05, 0) is 31.9 Å². The SMILES string of the molecule is CCCCCC(CCCC)C(=O)c1nnn(-c2ccccc2F)c1C. The van der Waals surface area contributed by atoms with Gasteiger partial charge < -0.3 is 0 Å². The highest BCUT2D eigenvalue weighted by molar-refractivity contribution is 5.97. The zero-order valence-corrected chi connectivity index (χ0v) is 15.5. The Bertz CT molecular complexity index is 696. The molecular weight excluding hydrogens is 317 g/mol. The Balaban J connectivity index is 2.23. The first kappa shape index (κ1) is 19.3. The maximum atomic E-state index is 14.0. The van der Waals surface area contributed by atoms with Crippen LogP contribution in [-0.2, 0) is 0 Å². The lowest BCUT2D eigenvalue weighted by molar-refractivity contribution is 0.0896. The van der Waals surface area contributed by atoms with Crippen LogP contribution in [0.15, 0.2) is 24.3 Å². The molecule has 5 heteroatoms. The van der Waals surface area contributed by atoms with Gasteiger partial charge in [-0.15, -0.1) is 5.10 Å². The monoisotopic (exact) mass is 345 g/mol. The molecule has 0 saturated heterocycles. The molecule has 25 heavy (non-hydrogen) atoms. The topological polar surface area (TPSA) is 47.8 Å². The van der Waals surface area contributed by atoms with Crippen molar-refractivity contribution >= 4 is 5.78 Å². The standard InChI is InChI=1S/C20H28FN3O/c1-4-6-8-12-16(11-7-5-2)20(25)19-15(3)24(23-22-19)18-14-10-9-13-17(18)21/h9-10,13-14,16H,4-8,11-12H2,1-3H3. The minimum Gasteiger partial charge on any atom is -0.292 e. The summed E-state index contributed by atoms with van der Waals surface area (Å²) < 4.78 is 15.4. The van der Waals surface area contributed by atoms with Crippen molar-refractivity contribution in [3.8, 4) is 5.69 Å². The molecule has 0 saturated carbocycles. The lowest BCUT2D eigenvalue weighted by atomic mass is 9.89. The molecule has 0 N–H and O–H groups in total.